The number of aliphatic hydroxyl groups is 1. The first-order chi connectivity index (χ1) is 8.84. The molecule has 0 aliphatic rings. The van der Waals surface area contributed by atoms with Crippen molar-refractivity contribution >= 4 is 21.9 Å². The van der Waals surface area contributed by atoms with Gasteiger partial charge in [0.05, 0.1) is 14.2 Å². The highest BCUT2D eigenvalue weighted by Crippen LogP contribution is 2.40. The maximum Gasteiger partial charge on any atom is 0.339 e. The average Bonchev–Trinajstić information content (AvgIpc) is 2.38. The molecule has 1 rings (SSSR count). The number of aliphatic hydroxyl groups excluding tert-OH is 1. The van der Waals surface area contributed by atoms with Crippen LogP contribution in [0.3, 0.4) is 0 Å². The molecule has 0 amide bonds. The summed E-state index contributed by atoms with van der Waals surface area (Å²) < 4.78 is 10.8. The monoisotopic (exact) mass is 330 g/mol. The number of ether oxygens (including phenoxy) is 2. The summed E-state index contributed by atoms with van der Waals surface area (Å²) in [5.41, 5.74) is 2.14. The topological polar surface area (TPSA) is 55.8 Å². The molecular weight excluding hydrogens is 312 g/mol. The molecule has 0 spiro atoms. The third-order valence-electron chi connectivity index (χ3n) is 3.08. The number of rotatable bonds is 4. The van der Waals surface area contributed by atoms with E-state index in [9.17, 15) is 9.90 Å². The van der Waals surface area contributed by atoms with Gasteiger partial charge in [-0.25, -0.2) is 4.79 Å². The molecule has 0 saturated heterocycles. The van der Waals surface area contributed by atoms with Gasteiger partial charge < -0.3 is 14.6 Å². The van der Waals surface area contributed by atoms with Gasteiger partial charge in [-0.3, -0.25) is 0 Å². The standard InChI is InChI=1S/C14H19BrO4/c1-7(2)9-6-10(15)8(3)11(13(9)18-4)12(16)14(17)19-5/h6-7,12,16H,1-5H3. The maximum absolute atomic E-state index is 11.6. The molecule has 0 aromatic heterocycles. The molecule has 106 valence electrons. The Balaban J connectivity index is 3.55. The molecule has 0 saturated carbocycles. The summed E-state index contributed by atoms with van der Waals surface area (Å²) in [7, 11) is 2.77. The van der Waals surface area contributed by atoms with Crippen LogP contribution in [0.2, 0.25) is 0 Å². The molecule has 1 atom stereocenters. The Hall–Kier alpha value is -1.07. The Morgan fingerprint density at radius 1 is 1.37 bits per heavy atom. The highest BCUT2D eigenvalue weighted by Gasteiger charge is 2.27. The summed E-state index contributed by atoms with van der Waals surface area (Å²) >= 11 is 3.45. The second kappa shape index (κ2) is 6.39. The van der Waals surface area contributed by atoms with Crippen molar-refractivity contribution in [2.24, 2.45) is 0 Å². The number of carbonyl (C=O) groups is 1. The van der Waals surface area contributed by atoms with Crippen molar-refractivity contribution in [1.82, 2.24) is 0 Å². The van der Waals surface area contributed by atoms with Crippen LogP contribution in [0.15, 0.2) is 10.5 Å². The molecule has 19 heavy (non-hydrogen) atoms. The molecule has 1 aromatic carbocycles. The van der Waals surface area contributed by atoms with Gasteiger partial charge in [-0.2, -0.15) is 0 Å². The highest BCUT2D eigenvalue weighted by atomic mass is 79.9. The second-order valence-electron chi connectivity index (χ2n) is 4.60. The fraction of sp³-hybridized carbons (Fsp3) is 0.500. The molecule has 5 heteroatoms. The van der Waals surface area contributed by atoms with Crippen LogP contribution in [0.4, 0.5) is 0 Å². The van der Waals surface area contributed by atoms with Crippen molar-refractivity contribution in [3.05, 3.63) is 27.2 Å². The summed E-state index contributed by atoms with van der Waals surface area (Å²) in [6, 6.07) is 1.95. The van der Waals surface area contributed by atoms with E-state index in [2.05, 4.69) is 20.7 Å². The van der Waals surface area contributed by atoms with Crippen LogP contribution >= 0.6 is 15.9 Å². The van der Waals surface area contributed by atoms with Gasteiger partial charge in [0.15, 0.2) is 6.10 Å². The molecule has 1 N–H and O–H groups in total. The van der Waals surface area contributed by atoms with Crippen LogP contribution in [0.1, 0.15) is 42.6 Å². The summed E-state index contributed by atoms with van der Waals surface area (Å²) in [4.78, 5) is 11.6. The SMILES string of the molecule is COC(=O)C(O)c1c(C)c(Br)cc(C(C)C)c1OC. The second-order valence-corrected chi connectivity index (χ2v) is 5.45. The lowest BCUT2D eigenvalue weighted by Crippen LogP contribution is -2.17. The number of hydrogen-bond donors (Lipinski definition) is 1. The van der Waals surface area contributed by atoms with E-state index < -0.39 is 12.1 Å². The summed E-state index contributed by atoms with van der Waals surface area (Å²) in [5, 5.41) is 10.1. The molecular formula is C14H19BrO4. The van der Waals surface area contributed by atoms with E-state index in [-0.39, 0.29) is 5.92 Å². The summed E-state index contributed by atoms with van der Waals surface area (Å²) in [5.74, 6) is 0.0400. The predicted molar refractivity (Wildman–Crippen MR) is 76.5 cm³/mol. The van der Waals surface area contributed by atoms with Gasteiger partial charge in [0, 0.05) is 10.0 Å². The molecule has 4 nitrogen and oxygen atoms in total. The minimum atomic E-state index is -1.35. The van der Waals surface area contributed by atoms with E-state index in [0.29, 0.717) is 11.3 Å². The zero-order chi connectivity index (χ0) is 14.7. The normalized spacial score (nSPS) is 12.4. The number of methoxy groups -OCH3 is 2. The van der Waals surface area contributed by atoms with Gasteiger partial charge in [0.2, 0.25) is 0 Å². The van der Waals surface area contributed by atoms with Crippen molar-refractivity contribution in [2.45, 2.75) is 32.8 Å². The number of benzene rings is 1. The zero-order valence-corrected chi connectivity index (χ0v) is 13.4. The smallest absolute Gasteiger partial charge is 0.339 e. The van der Waals surface area contributed by atoms with Crippen LogP contribution in [0, 0.1) is 6.92 Å². The number of esters is 1. The van der Waals surface area contributed by atoms with Crippen LogP contribution in [-0.2, 0) is 9.53 Å². The van der Waals surface area contributed by atoms with Gasteiger partial charge in [-0.05, 0) is 30.0 Å². The molecule has 0 heterocycles. The van der Waals surface area contributed by atoms with E-state index in [1.54, 1.807) is 0 Å². The first-order valence-corrected chi connectivity index (χ1v) is 6.77. The van der Waals surface area contributed by atoms with Gasteiger partial charge in [-0.15, -0.1) is 0 Å². The molecule has 0 radical (unpaired) electrons. The van der Waals surface area contributed by atoms with Crippen molar-refractivity contribution in [3.8, 4) is 5.75 Å². The Bertz CT molecular complexity index is 483. The Morgan fingerprint density at radius 2 is 1.95 bits per heavy atom. The predicted octanol–water partition coefficient (Wildman–Crippen LogP) is 3.10. The van der Waals surface area contributed by atoms with E-state index in [1.165, 1.54) is 14.2 Å². The Labute approximate surface area is 121 Å². The lowest BCUT2D eigenvalue weighted by Gasteiger charge is -2.21. The number of hydrogen-bond acceptors (Lipinski definition) is 4. The third kappa shape index (κ3) is 3.09. The van der Waals surface area contributed by atoms with Crippen LogP contribution in [0.25, 0.3) is 0 Å². The first-order valence-electron chi connectivity index (χ1n) is 5.97. The van der Waals surface area contributed by atoms with Crippen molar-refractivity contribution in [1.29, 1.82) is 0 Å². The first kappa shape index (κ1) is 16.0. The van der Waals surface area contributed by atoms with Gasteiger partial charge in [0.25, 0.3) is 0 Å². The molecule has 0 bridgehead atoms. The molecule has 0 aliphatic heterocycles. The van der Waals surface area contributed by atoms with E-state index in [0.717, 1.165) is 15.6 Å². The minimum absolute atomic E-state index is 0.204. The largest absolute Gasteiger partial charge is 0.496 e. The Kier molecular flexibility index (Phi) is 5.38. The van der Waals surface area contributed by atoms with Gasteiger partial charge in [-0.1, -0.05) is 29.8 Å². The van der Waals surface area contributed by atoms with Crippen molar-refractivity contribution < 1.29 is 19.4 Å². The number of carbonyl (C=O) groups excluding carboxylic acids is 1. The lowest BCUT2D eigenvalue weighted by atomic mass is 9.93. The van der Waals surface area contributed by atoms with E-state index in [4.69, 9.17) is 4.74 Å². The summed E-state index contributed by atoms with van der Waals surface area (Å²) in [6.45, 7) is 5.86. The highest BCUT2D eigenvalue weighted by molar-refractivity contribution is 9.10. The molecule has 1 aromatic rings. The Morgan fingerprint density at radius 3 is 2.37 bits per heavy atom. The minimum Gasteiger partial charge on any atom is -0.496 e. The van der Waals surface area contributed by atoms with Crippen LogP contribution < -0.4 is 4.74 Å². The lowest BCUT2D eigenvalue weighted by molar-refractivity contribution is -0.150. The van der Waals surface area contributed by atoms with Crippen LogP contribution in [-0.4, -0.2) is 25.3 Å². The van der Waals surface area contributed by atoms with E-state index in [1.807, 2.05) is 26.8 Å². The van der Waals surface area contributed by atoms with E-state index >= 15 is 0 Å². The van der Waals surface area contributed by atoms with Crippen LogP contribution in [0.5, 0.6) is 5.75 Å². The maximum atomic E-state index is 11.6. The van der Waals surface area contributed by atoms with Crippen molar-refractivity contribution in [3.63, 3.8) is 0 Å². The molecule has 1 unspecified atom stereocenters. The molecule has 0 aliphatic carbocycles. The fourth-order valence-electron chi connectivity index (χ4n) is 1.98. The average molecular weight is 331 g/mol. The van der Waals surface area contributed by atoms with Gasteiger partial charge >= 0.3 is 5.97 Å². The fourth-order valence-corrected chi connectivity index (χ4v) is 2.44. The summed E-state index contributed by atoms with van der Waals surface area (Å²) in [6.07, 6.45) is -1.35. The van der Waals surface area contributed by atoms with Gasteiger partial charge in [0.1, 0.15) is 5.75 Å². The molecule has 0 fully saturated rings. The number of halogens is 1. The van der Waals surface area contributed by atoms with Crippen molar-refractivity contribution in [2.75, 3.05) is 14.2 Å². The quantitative estimate of drug-likeness (QED) is 0.862. The zero-order valence-electron chi connectivity index (χ0n) is 11.8. The third-order valence-corrected chi connectivity index (χ3v) is 3.90.